The molecule has 1 aliphatic rings. The number of aromatic nitrogens is 7. The van der Waals surface area contributed by atoms with Gasteiger partial charge in [0.25, 0.3) is 0 Å². The highest BCUT2D eigenvalue weighted by Gasteiger charge is 2.36. The summed E-state index contributed by atoms with van der Waals surface area (Å²) < 4.78 is 29.5. The van der Waals surface area contributed by atoms with Crippen molar-refractivity contribution in [1.29, 1.82) is 0 Å². The number of piperazine rings is 1. The zero-order chi connectivity index (χ0) is 30.5. The molecule has 0 unspecified atom stereocenters. The van der Waals surface area contributed by atoms with Crippen LogP contribution in [0, 0.1) is 24.6 Å². The first-order chi connectivity index (χ1) is 20.4. The summed E-state index contributed by atoms with van der Waals surface area (Å²) in [5, 5.41) is 14.7. The van der Waals surface area contributed by atoms with E-state index in [4.69, 9.17) is 14.7 Å². The first-order valence-electron chi connectivity index (χ1n) is 14.4. The summed E-state index contributed by atoms with van der Waals surface area (Å²) in [6.45, 7) is 17.6. The van der Waals surface area contributed by atoms with Gasteiger partial charge in [-0.15, -0.1) is 5.10 Å². The molecule has 0 amide bonds. The second kappa shape index (κ2) is 10.9. The monoisotopic (exact) mass is 604 g/mol. The molecule has 1 aliphatic heterocycles. The highest BCUT2D eigenvalue weighted by molar-refractivity contribution is 6.74. The van der Waals surface area contributed by atoms with Crippen LogP contribution in [-0.2, 0) is 11.0 Å². The Morgan fingerprint density at radius 1 is 1.07 bits per heavy atom. The van der Waals surface area contributed by atoms with E-state index in [0.717, 1.165) is 36.1 Å². The van der Waals surface area contributed by atoms with Crippen LogP contribution in [0.2, 0.25) is 18.1 Å². The smallest absolute Gasteiger partial charge is 0.226 e. The van der Waals surface area contributed by atoms with E-state index in [1.807, 2.05) is 17.7 Å². The predicted octanol–water partition coefficient (Wildman–Crippen LogP) is 3.84. The summed E-state index contributed by atoms with van der Waals surface area (Å²) in [7, 11) is -1.88. The number of anilines is 2. The molecule has 12 nitrogen and oxygen atoms in total. The van der Waals surface area contributed by atoms with Crippen LogP contribution in [0.5, 0.6) is 0 Å². The summed E-state index contributed by atoms with van der Waals surface area (Å²) in [6, 6.07) is 3.26. The lowest BCUT2D eigenvalue weighted by atomic mass is 10.1. The standard InChI is InChI=1S/C29H37FN10O2Si/c1-19-20-16-23(22(30)17-24(20)42-36-19)38-12-9-37(10-13-38)11-14-39-26-21(18-32-39)27-33-25(35-40(27)28(31)34-26)8-7-15-41-43(5,6)29(2,3)4/h16-18H,9-15H2,1-6H3,(H2,31,34). The van der Waals surface area contributed by atoms with Crippen LogP contribution in [0.15, 0.2) is 22.9 Å². The zero-order valence-corrected chi connectivity index (χ0v) is 26.5. The van der Waals surface area contributed by atoms with Gasteiger partial charge in [-0.3, -0.25) is 4.90 Å². The predicted molar refractivity (Wildman–Crippen MR) is 166 cm³/mol. The van der Waals surface area contributed by atoms with Crippen molar-refractivity contribution in [2.75, 3.05) is 50.0 Å². The number of halogens is 1. The van der Waals surface area contributed by atoms with Crippen molar-refractivity contribution < 1.29 is 13.3 Å². The minimum absolute atomic E-state index is 0.114. The molecule has 4 aromatic heterocycles. The molecule has 226 valence electrons. The Kier molecular flexibility index (Phi) is 7.35. The largest absolute Gasteiger partial charge is 0.406 e. The lowest BCUT2D eigenvalue weighted by Gasteiger charge is -2.36. The number of aryl methyl sites for hydroxylation is 1. The summed E-state index contributed by atoms with van der Waals surface area (Å²) >= 11 is 0. The fourth-order valence-electron chi connectivity index (χ4n) is 4.98. The molecule has 1 fully saturated rings. The van der Waals surface area contributed by atoms with Crippen molar-refractivity contribution in [3.63, 3.8) is 0 Å². The highest BCUT2D eigenvalue weighted by atomic mass is 28.4. The Labute approximate surface area is 250 Å². The Balaban J connectivity index is 1.11. The molecule has 2 N–H and O–H groups in total. The van der Waals surface area contributed by atoms with Gasteiger partial charge in [0.05, 0.1) is 36.1 Å². The number of rotatable bonds is 6. The molecule has 0 aliphatic carbocycles. The van der Waals surface area contributed by atoms with Gasteiger partial charge in [0, 0.05) is 44.2 Å². The molecule has 0 bridgehead atoms. The third-order valence-electron chi connectivity index (χ3n) is 8.67. The molecule has 14 heteroatoms. The summed E-state index contributed by atoms with van der Waals surface area (Å²) in [6.07, 6.45) is 1.74. The van der Waals surface area contributed by atoms with E-state index in [-0.39, 0.29) is 16.8 Å². The molecule has 0 radical (unpaired) electrons. The number of fused-ring (bicyclic) bond motifs is 4. The van der Waals surface area contributed by atoms with Gasteiger partial charge >= 0.3 is 0 Å². The van der Waals surface area contributed by atoms with Crippen molar-refractivity contribution in [2.45, 2.75) is 52.4 Å². The van der Waals surface area contributed by atoms with Crippen molar-refractivity contribution in [1.82, 2.24) is 39.4 Å². The maximum Gasteiger partial charge on any atom is 0.226 e. The van der Waals surface area contributed by atoms with Crippen LogP contribution < -0.4 is 10.6 Å². The normalized spacial score (nSPS) is 15.1. The van der Waals surface area contributed by atoms with E-state index in [2.05, 4.69) is 80.8 Å². The second-order valence-corrected chi connectivity index (χ2v) is 17.3. The van der Waals surface area contributed by atoms with Crippen molar-refractivity contribution in [3.8, 4) is 11.8 Å². The van der Waals surface area contributed by atoms with Gasteiger partial charge in [0.15, 0.2) is 25.2 Å². The first-order valence-corrected chi connectivity index (χ1v) is 17.4. The van der Waals surface area contributed by atoms with E-state index in [1.54, 1.807) is 6.20 Å². The number of hydrogen-bond acceptors (Lipinski definition) is 10. The van der Waals surface area contributed by atoms with E-state index >= 15 is 0 Å². The second-order valence-electron chi connectivity index (χ2n) is 12.5. The molecule has 0 spiro atoms. The number of nitrogens with zero attached hydrogens (tertiary/aromatic N) is 9. The van der Waals surface area contributed by atoms with Crippen molar-refractivity contribution in [3.05, 3.63) is 35.7 Å². The molecule has 43 heavy (non-hydrogen) atoms. The third kappa shape index (κ3) is 5.55. The molecule has 1 saturated heterocycles. The quantitative estimate of drug-likeness (QED) is 0.225. The topological polar surface area (TPSA) is 129 Å². The van der Waals surface area contributed by atoms with Crippen LogP contribution in [0.4, 0.5) is 16.0 Å². The fourth-order valence-corrected chi connectivity index (χ4v) is 5.85. The van der Waals surface area contributed by atoms with Crippen LogP contribution in [0.1, 0.15) is 32.3 Å². The Morgan fingerprint density at radius 2 is 1.84 bits per heavy atom. The van der Waals surface area contributed by atoms with E-state index < -0.39 is 8.32 Å². The molecule has 0 saturated carbocycles. The average Bonchev–Trinajstić information content (AvgIpc) is 3.66. The van der Waals surface area contributed by atoms with Gasteiger partial charge in [0.2, 0.25) is 11.8 Å². The van der Waals surface area contributed by atoms with Crippen LogP contribution in [-0.4, -0.2) is 87.1 Å². The molecule has 6 rings (SSSR count). The van der Waals surface area contributed by atoms with Crippen molar-refractivity contribution in [2.24, 2.45) is 0 Å². The lowest BCUT2D eigenvalue weighted by molar-refractivity contribution is 0.245. The van der Waals surface area contributed by atoms with Gasteiger partial charge in [-0.25, -0.2) is 9.07 Å². The Bertz CT molecular complexity index is 1870. The van der Waals surface area contributed by atoms with Crippen molar-refractivity contribution >= 4 is 47.6 Å². The van der Waals surface area contributed by atoms with Gasteiger partial charge in [-0.05, 0) is 37.0 Å². The summed E-state index contributed by atoms with van der Waals surface area (Å²) in [5.74, 6) is 6.34. The molecule has 5 aromatic rings. The Morgan fingerprint density at radius 3 is 2.58 bits per heavy atom. The zero-order valence-electron chi connectivity index (χ0n) is 25.5. The third-order valence-corrected chi connectivity index (χ3v) is 13.1. The summed E-state index contributed by atoms with van der Waals surface area (Å²) in [4.78, 5) is 13.6. The molecule has 0 atom stereocenters. The molecular formula is C29H37FN10O2Si. The highest BCUT2D eigenvalue weighted by Crippen LogP contribution is 2.36. The number of benzene rings is 1. The Hall–Kier alpha value is -4.06. The van der Waals surface area contributed by atoms with E-state index in [1.165, 1.54) is 10.6 Å². The van der Waals surface area contributed by atoms with Crippen LogP contribution in [0.3, 0.4) is 0 Å². The van der Waals surface area contributed by atoms with E-state index in [9.17, 15) is 4.39 Å². The maximum atomic E-state index is 14.8. The number of hydrogen-bond donors (Lipinski definition) is 1. The number of nitrogen functional groups attached to an aromatic ring is 1. The molecule has 5 heterocycles. The van der Waals surface area contributed by atoms with Gasteiger partial charge < -0.3 is 19.6 Å². The maximum absolute atomic E-state index is 14.8. The minimum Gasteiger partial charge on any atom is -0.406 e. The molecular weight excluding hydrogens is 567 g/mol. The molecule has 1 aromatic carbocycles. The summed E-state index contributed by atoms with van der Waals surface area (Å²) in [5.41, 5.74) is 9.30. The average molecular weight is 605 g/mol. The van der Waals surface area contributed by atoms with Gasteiger partial charge in [-0.1, -0.05) is 31.8 Å². The minimum atomic E-state index is -1.88. The van der Waals surface area contributed by atoms with Gasteiger partial charge in [-0.2, -0.15) is 19.6 Å². The van der Waals surface area contributed by atoms with E-state index in [0.29, 0.717) is 54.6 Å². The number of nitrogens with two attached hydrogens (primary N) is 1. The lowest BCUT2D eigenvalue weighted by Crippen LogP contribution is -2.47. The van der Waals surface area contributed by atoms with Crippen LogP contribution >= 0.6 is 0 Å². The first kappa shape index (κ1) is 29.0. The van der Waals surface area contributed by atoms with Gasteiger partial charge in [0.1, 0.15) is 5.82 Å². The van der Waals surface area contributed by atoms with Crippen LogP contribution in [0.25, 0.3) is 27.6 Å². The fraction of sp³-hybridized carbons (Fsp3) is 0.483. The SMILES string of the molecule is Cc1noc2cc(F)c(N3CCN(CCn4ncc5c4nc(N)n4nc(C#CCO[Si](C)(C)C(C)(C)C)nc54)CC3)cc12.